The summed E-state index contributed by atoms with van der Waals surface area (Å²) in [5, 5.41) is 2.94. The van der Waals surface area contributed by atoms with Crippen LogP contribution in [0.5, 0.6) is 5.75 Å². The van der Waals surface area contributed by atoms with Crippen molar-refractivity contribution in [3.63, 3.8) is 0 Å². The maximum atomic E-state index is 11.6. The van der Waals surface area contributed by atoms with Crippen molar-refractivity contribution in [1.29, 1.82) is 0 Å². The van der Waals surface area contributed by atoms with Gasteiger partial charge in [0, 0.05) is 0 Å². The number of ether oxygens (including phenoxy) is 1. The van der Waals surface area contributed by atoms with Crippen molar-refractivity contribution in [1.82, 2.24) is 0 Å². The number of carbonyl (C=O) groups is 1. The standard InChI is InChI=1S/C14H17NO2/c1-9-6-14(16)15-12-7-10-4-2-3-5-11(10)8-13(12)17-9/h7-9H,2-6H2,1H3,(H,15,16). The lowest BCUT2D eigenvalue weighted by Crippen LogP contribution is -2.17. The molecule has 1 unspecified atom stereocenters. The van der Waals surface area contributed by atoms with E-state index in [9.17, 15) is 4.79 Å². The molecule has 0 saturated carbocycles. The van der Waals surface area contributed by atoms with Crippen LogP contribution in [0, 0.1) is 0 Å². The lowest BCUT2D eigenvalue weighted by molar-refractivity contribution is -0.117. The molecular formula is C14H17NO2. The summed E-state index contributed by atoms with van der Waals surface area (Å²) in [5.41, 5.74) is 3.60. The van der Waals surface area contributed by atoms with Gasteiger partial charge in [-0.2, -0.15) is 0 Å². The summed E-state index contributed by atoms with van der Waals surface area (Å²) in [6.07, 6.45) is 5.14. The maximum absolute atomic E-state index is 11.6. The van der Waals surface area contributed by atoms with Gasteiger partial charge in [-0.3, -0.25) is 4.79 Å². The van der Waals surface area contributed by atoms with Crippen LogP contribution in [-0.2, 0) is 17.6 Å². The zero-order valence-electron chi connectivity index (χ0n) is 10.1. The minimum absolute atomic E-state index is 0.0436. The van der Waals surface area contributed by atoms with Crippen LogP contribution in [0.1, 0.15) is 37.3 Å². The number of fused-ring (bicyclic) bond motifs is 2. The van der Waals surface area contributed by atoms with Crippen LogP contribution in [0.2, 0.25) is 0 Å². The van der Waals surface area contributed by atoms with Gasteiger partial charge in [0.05, 0.1) is 12.1 Å². The zero-order valence-corrected chi connectivity index (χ0v) is 10.1. The number of anilines is 1. The molecule has 0 radical (unpaired) electrons. The molecule has 1 amide bonds. The molecule has 1 aliphatic heterocycles. The van der Waals surface area contributed by atoms with Gasteiger partial charge in [0.25, 0.3) is 0 Å². The predicted molar refractivity (Wildman–Crippen MR) is 66.4 cm³/mol. The molecule has 90 valence electrons. The summed E-state index contributed by atoms with van der Waals surface area (Å²) in [7, 11) is 0. The van der Waals surface area contributed by atoms with Crippen molar-refractivity contribution in [3.05, 3.63) is 23.3 Å². The lowest BCUT2D eigenvalue weighted by Gasteiger charge is -2.19. The number of rotatable bonds is 0. The van der Waals surface area contributed by atoms with E-state index < -0.39 is 0 Å². The first-order valence-electron chi connectivity index (χ1n) is 6.34. The SMILES string of the molecule is CC1CC(=O)Nc2cc3c(cc2O1)CCCC3. The topological polar surface area (TPSA) is 38.3 Å². The number of aryl methyl sites for hydroxylation is 2. The molecule has 1 aliphatic carbocycles. The van der Waals surface area contributed by atoms with Gasteiger partial charge in [-0.05, 0) is 55.9 Å². The second kappa shape index (κ2) is 4.06. The molecule has 0 fully saturated rings. The highest BCUT2D eigenvalue weighted by Crippen LogP contribution is 2.35. The third kappa shape index (κ3) is 2.02. The van der Waals surface area contributed by atoms with Gasteiger partial charge in [0.1, 0.15) is 11.9 Å². The summed E-state index contributed by atoms with van der Waals surface area (Å²) >= 11 is 0. The molecule has 3 rings (SSSR count). The summed E-state index contributed by atoms with van der Waals surface area (Å²) in [6.45, 7) is 1.94. The van der Waals surface area contributed by atoms with Gasteiger partial charge < -0.3 is 10.1 Å². The lowest BCUT2D eigenvalue weighted by atomic mass is 9.91. The quantitative estimate of drug-likeness (QED) is 0.745. The molecule has 1 aromatic carbocycles. The molecule has 1 atom stereocenters. The Labute approximate surface area is 101 Å². The Kier molecular flexibility index (Phi) is 2.54. The van der Waals surface area contributed by atoms with E-state index in [4.69, 9.17) is 4.74 Å². The van der Waals surface area contributed by atoms with Gasteiger partial charge in [-0.15, -0.1) is 0 Å². The summed E-state index contributed by atoms with van der Waals surface area (Å²) < 4.78 is 5.81. The van der Waals surface area contributed by atoms with Crippen LogP contribution < -0.4 is 10.1 Å². The Morgan fingerprint density at radius 2 is 1.94 bits per heavy atom. The van der Waals surface area contributed by atoms with Gasteiger partial charge >= 0.3 is 0 Å². The first-order valence-corrected chi connectivity index (χ1v) is 6.34. The zero-order chi connectivity index (χ0) is 11.8. The Morgan fingerprint density at radius 3 is 2.71 bits per heavy atom. The highest BCUT2D eigenvalue weighted by molar-refractivity contribution is 5.93. The molecule has 3 heteroatoms. The van der Waals surface area contributed by atoms with Crippen molar-refractivity contribution in [3.8, 4) is 5.75 Å². The van der Waals surface area contributed by atoms with Crippen LogP contribution >= 0.6 is 0 Å². The Bertz CT molecular complexity index is 468. The van der Waals surface area contributed by atoms with Crippen LogP contribution in [0.25, 0.3) is 0 Å². The molecule has 1 heterocycles. The van der Waals surface area contributed by atoms with Crippen molar-refractivity contribution < 1.29 is 9.53 Å². The summed E-state index contributed by atoms with van der Waals surface area (Å²) in [4.78, 5) is 11.6. The fraction of sp³-hybridized carbons (Fsp3) is 0.500. The Hall–Kier alpha value is -1.51. The highest BCUT2D eigenvalue weighted by Gasteiger charge is 2.21. The summed E-state index contributed by atoms with van der Waals surface area (Å²) in [6, 6.07) is 4.21. The van der Waals surface area contributed by atoms with Crippen LogP contribution in [0.4, 0.5) is 5.69 Å². The second-order valence-corrected chi connectivity index (χ2v) is 5.00. The van der Waals surface area contributed by atoms with E-state index in [2.05, 4.69) is 17.4 Å². The van der Waals surface area contributed by atoms with E-state index in [1.165, 1.54) is 24.0 Å². The van der Waals surface area contributed by atoms with E-state index in [1.807, 2.05) is 6.92 Å². The largest absolute Gasteiger partial charge is 0.488 e. The van der Waals surface area contributed by atoms with E-state index in [1.54, 1.807) is 0 Å². The molecule has 3 nitrogen and oxygen atoms in total. The van der Waals surface area contributed by atoms with E-state index in [0.29, 0.717) is 6.42 Å². The fourth-order valence-electron chi connectivity index (χ4n) is 2.68. The molecule has 1 N–H and O–H groups in total. The van der Waals surface area contributed by atoms with Crippen LogP contribution in [0.3, 0.4) is 0 Å². The number of nitrogens with one attached hydrogen (secondary N) is 1. The smallest absolute Gasteiger partial charge is 0.228 e. The van der Waals surface area contributed by atoms with Gasteiger partial charge in [-0.25, -0.2) is 0 Å². The molecule has 1 aromatic rings. The maximum Gasteiger partial charge on any atom is 0.228 e. The molecule has 0 aromatic heterocycles. The van der Waals surface area contributed by atoms with E-state index >= 15 is 0 Å². The van der Waals surface area contributed by atoms with Gasteiger partial charge in [0.15, 0.2) is 0 Å². The monoisotopic (exact) mass is 231 g/mol. The van der Waals surface area contributed by atoms with Gasteiger partial charge in [-0.1, -0.05) is 0 Å². The minimum atomic E-state index is -0.0436. The molecule has 0 bridgehead atoms. The average molecular weight is 231 g/mol. The van der Waals surface area contributed by atoms with Gasteiger partial charge in [0.2, 0.25) is 5.91 Å². The predicted octanol–water partition coefficient (Wildman–Crippen LogP) is 2.67. The van der Waals surface area contributed by atoms with Crippen molar-refractivity contribution in [2.24, 2.45) is 0 Å². The first-order chi connectivity index (χ1) is 8.22. The molecule has 17 heavy (non-hydrogen) atoms. The molecule has 0 spiro atoms. The van der Waals surface area contributed by atoms with Crippen molar-refractivity contribution >= 4 is 11.6 Å². The average Bonchev–Trinajstić information content (AvgIpc) is 2.42. The third-order valence-corrected chi connectivity index (χ3v) is 3.52. The summed E-state index contributed by atoms with van der Waals surface area (Å²) in [5.74, 6) is 0.885. The highest BCUT2D eigenvalue weighted by atomic mass is 16.5. The number of carbonyl (C=O) groups excluding carboxylic acids is 1. The van der Waals surface area contributed by atoms with E-state index in [-0.39, 0.29) is 12.0 Å². The first kappa shape index (κ1) is 10.6. The number of benzene rings is 1. The normalized spacial score (nSPS) is 22.9. The number of hydrogen-bond acceptors (Lipinski definition) is 2. The minimum Gasteiger partial charge on any atom is -0.488 e. The molecule has 2 aliphatic rings. The number of amides is 1. The van der Waals surface area contributed by atoms with E-state index in [0.717, 1.165) is 24.3 Å². The molecule has 0 saturated heterocycles. The van der Waals surface area contributed by atoms with Crippen LogP contribution in [0.15, 0.2) is 12.1 Å². The Balaban J connectivity index is 2.04. The van der Waals surface area contributed by atoms with Crippen molar-refractivity contribution in [2.45, 2.75) is 45.1 Å². The van der Waals surface area contributed by atoms with Crippen molar-refractivity contribution in [2.75, 3.05) is 5.32 Å². The molecular weight excluding hydrogens is 214 g/mol. The second-order valence-electron chi connectivity index (χ2n) is 5.00. The van der Waals surface area contributed by atoms with Crippen LogP contribution in [-0.4, -0.2) is 12.0 Å². The Morgan fingerprint density at radius 1 is 1.24 bits per heavy atom. The fourth-order valence-corrected chi connectivity index (χ4v) is 2.68. The third-order valence-electron chi connectivity index (χ3n) is 3.52. The number of hydrogen-bond donors (Lipinski definition) is 1.